The van der Waals surface area contributed by atoms with Crippen LogP contribution in [-0.4, -0.2) is 24.6 Å². The van der Waals surface area contributed by atoms with Gasteiger partial charge < -0.3 is 9.47 Å². The first-order chi connectivity index (χ1) is 5.22. The van der Waals surface area contributed by atoms with Crippen LogP contribution in [0.5, 0.6) is 0 Å². The highest BCUT2D eigenvalue weighted by molar-refractivity contribution is 5.91. The third-order valence-corrected chi connectivity index (χ3v) is 1.47. The monoisotopic (exact) mass is 158 g/mol. The highest BCUT2D eigenvalue weighted by atomic mass is 16.6. The lowest BCUT2D eigenvalue weighted by Gasteiger charge is -2.09. The molecule has 1 unspecified atom stereocenters. The van der Waals surface area contributed by atoms with Crippen LogP contribution in [0.2, 0.25) is 0 Å². The van der Waals surface area contributed by atoms with Crippen molar-refractivity contribution in [3.8, 4) is 0 Å². The van der Waals surface area contributed by atoms with Gasteiger partial charge in [0.15, 0.2) is 0 Å². The number of cyclic esters (lactones) is 2. The quantitative estimate of drug-likeness (QED) is 0.405. The van der Waals surface area contributed by atoms with E-state index < -0.39 is 11.9 Å². The molecule has 11 heavy (non-hydrogen) atoms. The fourth-order valence-electron chi connectivity index (χ4n) is 0.818. The van der Waals surface area contributed by atoms with Crippen LogP contribution in [0.4, 0.5) is 0 Å². The van der Waals surface area contributed by atoms with Gasteiger partial charge in [-0.15, -0.1) is 0 Å². The Morgan fingerprint density at radius 1 is 1.45 bits per heavy atom. The van der Waals surface area contributed by atoms with Crippen molar-refractivity contribution >= 4 is 11.9 Å². The maximum Gasteiger partial charge on any atom is 0.317 e. The fraction of sp³-hybridized carbons (Fsp3) is 0.714. The minimum Gasteiger partial charge on any atom is -0.461 e. The lowest BCUT2D eigenvalue weighted by Crippen LogP contribution is -2.18. The Morgan fingerprint density at radius 2 is 2.18 bits per heavy atom. The largest absolute Gasteiger partial charge is 0.461 e. The van der Waals surface area contributed by atoms with E-state index in [1.54, 1.807) is 0 Å². The predicted molar refractivity (Wildman–Crippen MR) is 35.7 cm³/mol. The van der Waals surface area contributed by atoms with Gasteiger partial charge in [0.05, 0.1) is 0 Å². The van der Waals surface area contributed by atoms with Crippen molar-refractivity contribution in [1.29, 1.82) is 0 Å². The summed E-state index contributed by atoms with van der Waals surface area (Å²) in [5, 5.41) is 0. The lowest BCUT2D eigenvalue weighted by molar-refractivity contribution is -0.148. The van der Waals surface area contributed by atoms with Crippen LogP contribution in [0.25, 0.3) is 0 Å². The molecule has 0 saturated carbocycles. The second-order valence-corrected chi connectivity index (χ2v) is 2.38. The summed E-state index contributed by atoms with van der Waals surface area (Å²) in [6.45, 7) is 2.07. The Morgan fingerprint density at radius 3 is 2.82 bits per heavy atom. The van der Waals surface area contributed by atoms with Crippen LogP contribution in [0, 0.1) is 0 Å². The normalized spacial score (nSPS) is 25.4. The molecule has 1 rings (SSSR count). The zero-order valence-electron chi connectivity index (χ0n) is 6.33. The van der Waals surface area contributed by atoms with Crippen molar-refractivity contribution in [1.82, 2.24) is 0 Å². The molecule has 4 heteroatoms. The first-order valence-electron chi connectivity index (χ1n) is 3.57. The number of hydrogen-bond donors (Lipinski definition) is 0. The van der Waals surface area contributed by atoms with Crippen LogP contribution in [0.15, 0.2) is 0 Å². The van der Waals surface area contributed by atoms with E-state index in [9.17, 15) is 9.59 Å². The SMILES string of the molecule is CCC1COC(=O)CC(=O)O1. The van der Waals surface area contributed by atoms with Gasteiger partial charge in [-0.3, -0.25) is 9.59 Å². The number of rotatable bonds is 1. The number of ether oxygens (including phenoxy) is 2. The summed E-state index contributed by atoms with van der Waals surface area (Å²) in [4.78, 5) is 21.4. The predicted octanol–water partition coefficient (Wildman–Crippen LogP) is 0.255. The topological polar surface area (TPSA) is 52.6 Å². The molecular formula is C7H10O4. The first kappa shape index (κ1) is 8.04. The molecule has 0 amide bonds. The summed E-state index contributed by atoms with van der Waals surface area (Å²) in [6, 6.07) is 0. The fourth-order valence-corrected chi connectivity index (χ4v) is 0.818. The van der Waals surface area contributed by atoms with Crippen molar-refractivity contribution in [2.75, 3.05) is 6.61 Å². The second-order valence-electron chi connectivity index (χ2n) is 2.38. The van der Waals surface area contributed by atoms with Gasteiger partial charge in [-0.1, -0.05) is 6.92 Å². The average molecular weight is 158 g/mol. The zero-order chi connectivity index (χ0) is 8.27. The molecule has 0 N–H and O–H groups in total. The summed E-state index contributed by atoms with van der Waals surface area (Å²) in [6.07, 6.45) is 0.171. The van der Waals surface area contributed by atoms with E-state index in [0.29, 0.717) is 6.42 Å². The van der Waals surface area contributed by atoms with Gasteiger partial charge in [-0.05, 0) is 6.42 Å². The third kappa shape index (κ3) is 2.22. The van der Waals surface area contributed by atoms with Gasteiger partial charge in [0.25, 0.3) is 0 Å². The van der Waals surface area contributed by atoms with E-state index in [1.807, 2.05) is 6.92 Å². The summed E-state index contributed by atoms with van der Waals surface area (Å²) in [5.41, 5.74) is 0. The molecule has 1 aliphatic rings. The standard InChI is InChI=1S/C7H10O4/c1-2-5-4-10-6(8)3-7(9)11-5/h5H,2-4H2,1H3. The van der Waals surface area contributed by atoms with Crippen LogP contribution in [0.1, 0.15) is 19.8 Å². The Hall–Kier alpha value is -1.06. The van der Waals surface area contributed by atoms with Crippen molar-refractivity contribution in [2.45, 2.75) is 25.9 Å². The Labute approximate surface area is 64.5 Å². The van der Waals surface area contributed by atoms with Gasteiger partial charge >= 0.3 is 11.9 Å². The molecule has 4 nitrogen and oxygen atoms in total. The van der Waals surface area contributed by atoms with Crippen molar-refractivity contribution in [3.63, 3.8) is 0 Å². The van der Waals surface area contributed by atoms with Crippen LogP contribution >= 0.6 is 0 Å². The molecule has 0 aliphatic carbocycles. The van der Waals surface area contributed by atoms with Gasteiger partial charge in [0.1, 0.15) is 19.1 Å². The molecule has 0 spiro atoms. The highest BCUT2D eigenvalue weighted by Crippen LogP contribution is 2.06. The molecule has 0 aromatic heterocycles. The molecule has 1 heterocycles. The van der Waals surface area contributed by atoms with E-state index in [4.69, 9.17) is 9.47 Å². The van der Waals surface area contributed by atoms with Crippen LogP contribution in [0.3, 0.4) is 0 Å². The van der Waals surface area contributed by atoms with Crippen LogP contribution in [-0.2, 0) is 19.1 Å². The molecule has 62 valence electrons. The minimum atomic E-state index is -0.494. The van der Waals surface area contributed by atoms with Crippen molar-refractivity contribution in [2.24, 2.45) is 0 Å². The minimum absolute atomic E-state index is 0.196. The molecular weight excluding hydrogens is 148 g/mol. The molecule has 0 bridgehead atoms. The van der Waals surface area contributed by atoms with Gasteiger partial charge in [-0.2, -0.15) is 0 Å². The zero-order valence-corrected chi connectivity index (χ0v) is 6.33. The van der Waals surface area contributed by atoms with E-state index in [0.717, 1.165) is 0 Å². The number of carbonyl (C=O) groups excluding carboxylic acids is 2. The molecule has 0 aromatic rings. The van der Waals surface area contributed by atoms with Crippen LogP contribution < -0.4 is 0 Å². The molecule has 1 fully saturated rings. The summed E-state index contributed by atoms with van der Waals surface area (Å²) in [7, 11) is 0. The van der Waals surface area contributed by atoms with E-state index in [2.05, 4.69) is 0 Å². The second kappa shape index (κ2) is 3.37. The Balaban J connectivity index is 2.52. The lowest BCUT2D eigenvalue weighted by atomic mass is 10.3. The molecule has 1 atom stereocenters. The number of esters is 2. The van der Waals surface area contributed by atoms with Crippen molar-refractivity contribution < 1.29 is 19.1 Å². The van der Waals surface area contributed by atoms with Crippen molar-refractivity contribution in [3.05, 3.63) is 0 Å². The van der Waals surface area contributed by atoms with E-state index >= 15 is 0 Å². The molecule has 1 saturated heterocycles. The van der Waals surface area contributed by atoms with Gasteiger partial charge in [0, 0.05) is 0 Å². The summed E-state index contributed by atoms with van der Waals surface area (Å²) < 4.78 is 9.54. The average Bonchev–Trinajstić information content (AvgIpc) is 2.11. The van der Waals surface area contributed by atoms with E-state index in [-0.39, 0.29) is 19.1 Å². The molecule has 1 aliphatic heterocycles. The first-order valence-corrected chi connectivity index (χ1v) is 3.57. The molecule has 0 radical (unpaired) electrons. The summed E-state index contributed by atoms with van der Waals surface area (Å²) >= 11 is 0. The Bertz CT molecular complexity index is 175. The Kier molecular flexibility index (Phi) is 2.46. The maximum atomic E-state index is 10.7. The maximum absolute atomic E-state index is 10.7. The molecule has 0 aromatic carbocycles. The highest BCUT2D eigenvalue weighted by Gasteiger charge is 2.22. The summed E-state index contributed by atoms with van der Waals surface area (Å²) in [5.74, 6) is -0.981. The number of hydrogen-bond acceptors (Lipinski definition) is 4. The van der Waals surface area contributed by atoms with Gasteiger partial charge in [0.2, 0.25) is 0 Å². The third-order valence-electron chi connectivity index (χ3n) is 1.47. The van der Waals surface area contributed by atoms with E-state index in [1.165, 1.54) is 0 Å². The van der Waals surface area contributed by atoms with Gasteiger partial charge in [-0.25, -0.2) is 0 Å². The smallest absolute Gasteiger partial charge is 0.317 e. The number of carbonyl (C=O) groups is 2.